The molecular weight excluding hydrogens is 418 g/mol. The second kappa shape index (κ2) is 9.43. The van der Waals surface area contributed by atoms with Crippen LogP contribution in [0.2, 0.25) is 0 Å². The Kier molecular flexibility index (Phi) is 6.05. The third-order valence-corrected chi connectivity index (χ3v) is 5.61. The third kappa shape index (κ3) is 5.05. The van der Waals surface area contributed by atoms with Crippen molar-refractivity contribution in [3.05, 3.63) is 88.4 Å². The van der Waals surface area contributed by atoms with Gasteiger partial charge in [0.25, 0.3) is 0 Å². The van der Waals surface area contributed by atoms with Crippen molar-refractivity contribution in [1.29, 1.82) is 0 Å². The van der Waals surface area contributed by atoms with E-state index < -0.39 is 0 Å². The standard InChI is InChI=1S/C24H25N7O2/c1-29-17-21(15-27-29)31-6-5-23(32)22(28-31)12-18-3-2-4-20(11-18)24-25-13-19(14-26-24)16-30-7-9-33-10-8-30/h2-6,11,13-15,17H,7-10,12,16H2,1H3. The average molecular weight is 444 g/mol. The molecule has 0 amide bonds. The van der Waals surface area contributed by atoms with Gasteiger partial charge in [0.15, 0.2) is 5.82 Å². The van der Waals surface area contributed by atoms with Gasteiger partial charge >= 0.3 is 0 Å². The van der Waals surface area contributed by atoms with Gasteiger partial charge in [0.05, 0.1) is 25.6 Å². The van der Waals surface area contributed by atoms with E-state index in [1.807, 2.05) is 49.9 Å². The molecule has 0 spiro atoms. The summed E-state index contributed by atoms with van der Waals surface area (Å²) in [4.78, 5) is 23.9. The molecule has 168 valence electrons. The van der Waals surface area contributed by atoms with Crippen LogP contribution in [0.5, 0.6) is 0 Å². The van der Waals surface area contributed by atoms with Crippen molar-refractivity contribution in [2.75, 3.05) is 26.3 Å². The summed E-state index contributed by atoms with van der Waals surface area (Å²) < 4.78 is 8.77. The number of morpholine rings is 1. The molecule has 0 saturated carbocycles. The highest BCUT2D eigenvalue weighted by Crippen LogP contribution is 2.18. The van der Waals surface area contributed by atoms with E-state index in [2.05, 4.69) is 25.1 Å². The summed E-state index contributed by atoms with van der Waals surface area (Å²) in [5.41, 5.74) is 4.15. The van der Waals surface area contributed by atoms with Gasteiger partial charge in [-0.1, -0.05) is 18.2 Å². The van der Waals surface area contributed by atoms with E-state index in [-0.39, 0.29) is 5.43 Å². The largest absolute Gasteiger partial charge is 0.379 e. The zero-order valence-corrected chi connectivity index (χ0v) is 18.5. The van der Waals surface area contributed by atoms with Gasteiger partial charge in [0.2, 0.25) is 5.43 Å². The van der Waals surface area contributed by atoms with Crippen LogP contribution in [0, 0.1) is 0 Å². The van der Waals surface area contributed by atoms with E-state index in [1.165, 1.54) is 6.07 Å². The number of hydrogen-bond acceptors (Lipinski definition) is 7. The maximum absolute atomic E-state index is 12.4. The highest BCUT2D eigenvalue weighted by molar-refractivity contribution is 5.56. The van der Waals surface area contributed by atoms with Crippen LogP contribution in [0.1, 0.15) is 16.8 Å². The Balaban J connectivity index is 1.33. The van der Waals surface area contributed by atoms with Gasteiger partial charge in [-0.05, 0) is 11.6 Å². The monoisotopic (exact) mass is 443 g/mol. The van der Waals surface area contributed by atoms with Gasteiger partial charge in [-0.25, -0.2) is 14.6 Å². The van der Waals surface area contributed by atoms with Crippen molar-refractivity contribution in [2.24, 2.45) is 7.05 Å². The highest BCUT2D eigenvalue weighted by atomic mass is 16.5. The third-order valence-electron chi connectivity index (χ3n) is 5.61. The fraction of sp³-hybridized carbons (Fsp3) is 0.292. The lowest BCUT2D eigenvalue weighted by Gasteiger charge is -2.26. The van der Waals surface area contributed by atoms with Crippen molar-refractivity contribution >= 4 is 0 Å². The zero-order chi connectivity index (χ0) is 22.6. The summed E-state index contributed by atoms with van der Waals surface area (Å²) in [7, 11) is 1.84. The molecular formula is C24H25N7O2. The highest BCUT2D eigenvalue weighted by Gasteiger charge is 2.12. The molecule has 3 aromatic heterocycles. The molecule has 4 aromatic rings. The first-order valence-electron chi connectivity index (χ1n) is 10.9. The molecule has 0 radical (unpaired) electrons. The van der Waals surface area contributed by atoms with E-state index in [1.54, 1.807) is 21.8 Å². The van der Waals surface area contributed by atoms with Crippen molar-refractivity contribution in [3.8, 4) is 17.1 Å². The number of benzene rings is 1. The molecule has 1 aliphatic rings. The molecule has 9 nitrogen and oxygen atoms in total. The van der Waals surface area contributed by atoms with Crippen LogP contribution in [0.3, 0.4) is 0 Å². The molecule has 1 saturated heterocycles. The Morgan fingerprint density at radius 3 is 2.61 bits per heavy atom. The SMILES string of the molecule is Cn1cc(-n2ccc(=O)c(Cc3cccc(-c4ncc(CN5CCOCC5)cn4)c3)n2)cn1. The molecule has 5 rings (SSSR count). The van der Waals surface area contributed by atoms with Gasteiger partial charge in [-0.3, -0.25) is 14.4 Å². The minimum Gasteiger partial charge on any atom is -0.379 e. The summed E-state index contributed by atoms with van der Waals surface area (Å²) in [5.74, 6) is 0.663. The number of aryl methyl sites for hydroxylation is 1. The molecule has 4 heterocycles. The molecule has 0 bridgehead atoms. The fourth-order valence-electron chi connectivity index (χ4n) is 3.86. The molecule has 1 aromatic carbocycles. The quantitative estimate of drug-likeness (QED) is 0.449. The van der Waals surface area contributed by atoms with Gasteiger partial charge in [-0.2, -0.15) is 10.2 Å². The number of rotatable bonds is 6. The number of hydrogen-bond donors (Lipinski definition) is 0. The van der Waals surface area contributed by atoms with Crippen LogP contribution < -0.4 is 5.43 Å². The van der Waals surface area contributed by atoms with Crippen LogP contribution in [0.15, 0.2) is 66.1 Å². The van der Waals surface area contributed by atoms with Gasteiger partial charge in [-0.15, -0.1) is 0 Å². The number of aromatic nitrogens is 6. The van der Waals surface area contributed by atoms with Gasteiger partial charge in [0, 0.05) is 68.9 Å². The van der Waals surface area contributed by atoms with E-state index in [4.69, 9.17) is 4.74 Å². The van der Waals surface area contributed by atoms with Crippen molar-refractivity contribution < 1.29 is 4.74 Å². The van der Waals surface area contributed by atoms with E-state index >= 15 is 0 Å². The average Bonchev–Trinajstić information content (AvgIpc) is 3.28. The second-order valence-corrected chi connectivity index (χ2v) is 8.12. The summed E-state index contributed by atoms with van der Waals surface area (Å²) in [6.45, 7) is 4.23. The predicted molar refractivity (Wildman–Crippen MR) is 123 cm³/mol. The number of nitrogens with zero attached hydrogens (tertiary/aromatic N) is 7. The topological polar surface area (TPSA) is 91.0 Å². The van der Waals surface area contributed by atoms with Gasteiger partial charge < -0.3 is 4.74 Å². The molecule has 0 aliphatic carbocycles. The smallest absolute Gasteiger partial charge is 0.203 e. The van der Waals surface area contributed by atoms with Gasteiger partial charge in [0.1, 0.15) is 11.4 Å². The molecule has 33 heavy (non-hydrogen) atoms. The predicted octanol–water partition coefficient (Wildman–Crippen LogP) is 1.85. The number of ether oxygens (including phenoxy) is 1. The molecule has 0 atom stereocenters. The fourth-order valence-corrected chi connectivity index (χ4v) is 3.86. The first-order valence-corrected chi connectivity index (χ1v) is 10.9. The van der Waals surface area contributed by atoms with E-state index in [9.17, 15) is 4.79 Å². The lowest BCUT2D eigenvalue weighted by molar-refractivity contribution is 0.0341. The van der Waals surface area contributed by atoms with Crippen molar-refractivity contribution in [3.63, 3.8) is 0 Å². The van der Waals surface area contributed by atoms with E-state index in [0.717, 1.165) is 55.2 Å². The van der Waals surface area contributed by atoms with Crippen LogP contribution in [-0.4, -0.2) is 60.7 Å². The van der Waals surface area contributed by atoms with Crippen molar-refractivity contribution in [2.45, 2.75) is 13.0 Å². The maximum Gasteiger partial charge on any atom is 0.203 e. The minimum atomic E-state index is -0.0933. The van der Waals surface area contributed by atoms with Crippen LogP contribution >= 0.6 is 0 Å². The van der Waals surface area contributed by atoms with E-state index in [0.29, 0.717) is 17.9 Å². The summed E-state index contributed by atoms with van der Waals surface area (Å²) in [6.07, 6.45) is 9.41. The second-order valence-electron chi connectivity index (χ2n) is 8.12. The minimum absolute atomic E-state index is 0.0933. The zero-order valence-electron chi connectivity index (χ0n) is 18.5. The molecule has 0 N–H and O–H groups in total. The Morgan fingerprint density at radius 1 is 1.03 bits per heavy atom. The van der Waals surface area contributed by atoms with Crippen molar-refractivity contribution in [1.82, 2.24) is 34.4 Å². The first-order chi connectivity index (χ1) is 16.1. The Bertz CT molecular complexity index is 1290. The summed E-state index contributed by atoms with van der Waals surface area (Å²) in [5, 5.41) is 8.70. The Morgan fingerprint density at radius 2 is 1.85 bits per heavy atom. The lowest BCUT2D eigenvalue weighted by Crippen LogP contribution is -2.35. The molecule has 9 heteroatoms. The molecule has 1 fully saturated rings. The Hall–Kier alpha value is -3.69. The van der Waals surface area contributed by atoms with Crippen LogP contribution in [0.25, 0.3) is 17.1 Å². The summed E-state index contributed by atoms with van der Waals surface area (Å²) >= 11 is 0. The molecule has 0 unspecified atom stereocenters. The first kappa shape index (κ1) is 21.2. The normalized spacial score (nSPS) is 14.5. The Labute approximate surface area is 191 Å². The molecule has 1 aliphatic heterocycles. The lowest BCUT2D eigenvalue weighted by atomic mass is 10.1. The van der Waals surface area contributed by atoms with Crippen LogP contribution in [0.4, 0.5) is 0 Å². The summed E-state index contributed by atoms with van der Waals surface area (Å²) in [6, 6.07) is 9.47. The maximum atomic E-state index is 12.4. The van der Waals surface area contributed by atoms with Crippen LogP contribution in [-0.2, 0) is 24.8 Å².